The predicted molar refractivity (Wildman–Crippen MR) is 110 cm³/mol. The number of nitrogens with zero attached hydrogens (tertiary/aromatic N) is 4. The molecule has 0 spiro atoms. The molecule has 1 N–H and O–H groups in total. The van der Waals surface area contributed by atoms with Crippen LogP contribution < -0.4 is 15.2 Å². The Balaban J connectivity index is 1.94. The summed E-state index contributed by atoms with van der Waals surface area (Å²) in [6.07, 6.45) is 4.41. The van der Waals surface area contributed by atoms with E-state index in [9.17, 15) is 14.9 Å². The van der Waals surface area contributed by atoms with Crippen LogP contribution >= 0.6 is 0 Å². The summed E-state index contributed by atoms with van der Waals surface area (Å²) in [5.41, 5.74) is 0.425. The highest BCUT2D eigenvalue weighted by Gasteiger charge is 2.18. The molecule has 3 rings (SSSR count). The Morgan fingerprint density at radius 2 is 2.00 bits per heavy atom. The number of carbonyl (C=O) groups is 1. The number of nitriles is 1. The highest BCUT2D eigenvalue weighted by Crippen LogP contribution is 2.26. The van der Waals surface area contributed by atoms with Gasteiger partial charge in [0.1, 0.15) is 17.4 Å². The van der Waals surface area contributed by atoms with Gasteiger partial charge < -0.3 is 14.5 Å². The maximum Gasteiger partial charge on any atom is 0.270 e. The summed E-state index contributed by atoms with van der Waals surface area (Å²) >= 11 is 0. The molecule has 0 atom stereocenters. The van der Waals surface area contributed by atoms with Gasteiger partial charge in [0.15, 0.2) is 6.61 Å². The molecule has 0 bridgehead atoms. The molecule has 2 heterocycles. The van der Waals surface area contributed by atoms with E-state index in [0.29, 0.717) is 23.0 Å². The van der Waals surface area contributed by atoms with Crippen molar-refractivity contribution in [3.8, 4) is 23.1 Å². The summed E-state index contributed by atoms with van der Waals surface area (Å²) < 4.78 is 5.56. The van der Waals surface area contributed by atoms with E-state index in [1.54, 1.807) is 38.4 Å². The molecule has 152 valence electrons. The molecule has 1 aromatic carbocycles. The van der Waals surface area contributed by atoms with Crippen LogP contribution in [0, 0.1) is 11.3 Å². The molecule has 1 aliphatic rings. The zero-order chi connectivity index (χ0) is 20.8. The third kappa shape index (κ3) is 4.93. The van der Waals surface area contributed by atoms with Crippen molar-refractivity contribution >= 4 is 11.9 Å². The fourth-order valence-electron chi connectivity index (χ4n) is 3.21. The molecule has 29 heavy (non-hydrogen) atoms. The topological polar surface area (TPSA) is 102 Å². The Labute approximate surface area is 169 Å². The first kappa shape index (κ1) is 20.4. The Morgan fingerprint density at radius 1 is 1.28 bits per heavy atom. The molecule has 0 saturated carbocycles. The summed E-state index contributed by atoms with van der Waals surface area (Å²) in [6, 6.07) is 8.90. The smallest absolute Gasteiger partial charge is 0.270 e. The second-order valence-corrected chi connectivity index (χ2v) is 7.23. The molecule has 0 aliphatic carbocycles. The average Bonchev–Trinajstić information content (AvgIpc) is 3.01. The number of rotatable bonds is 5. The van der Waals surface area contributed by atoms with E-state index >= 15 is 0 Å². The van der Waals surface area contributed by atoms with Crippen LogP contribution in [0.25, 0.3) is 11.3 Å². The van der Waals surface area contributed by atoms with Crippen LogP contribution in [0.4, 0.5) is 5.95 Å². The lowest BCUT2D eigenvalue weighted by atomic mass is 10.1. The maximum atomic E-state index is 12.5. The number of aromatic nitrogens is 2. The van der Waals surface area contributed by atoms with Gasteiger partial charge in [-0.1, -0.05) is 25.0 Å². The van der Waals surface area contributed by atoms with Crippen LogP contribution in [-0.4, -0.2) is 54.6 Å². The molecular weight excluding hydrogens is 370 g/mol. The fourth-order valence-corrected chi connectivity index (χ4v) is 3.21. The van der Waals surface area contributed by atoms with E-state index in [4.69, 9.17) is 4.74 Å². The lowest BCUT2D eigenvalue weighted by Gasteiger charge is -2.21. The van der Waals surface area contributed by atoms with Gasteiger partial charge in [0, 0.05) is 32.7 Å². The molecule has 1 aliphatic heterocycles. The summed E-state index contributed by atoms with van der Waals surface area (Å²) in [7, 11) is 3.32. The van der Waals surface area contributed by atoms with Crippen molar-refractivity contribution < 1.29 is 9.53 Å². The number of H-pyrrole nitrogens is 1. The summed E-state index contributed by atoms with van der Waals surface area (Å²) in [5.74, 6) is 0.797. The molecule has 0 unspecified atom stereocenters. The number of anilines is 1. The molecule has 8 heteroatoms. The van der Waals surface area contributed by atoms with Crippen molar-refractivity contribution in [2.45, 2.75) is 25.7 Å². The number of nitrogens with one attached hydrogen (secondary N) is 1. The minimum Gasteiger partial charge on any atom is -0.484 e. The van der Waals surface area contributed by atoms with Crippen molar-refractivity contribution in [1.29, 1.82) is 5.26 Å². The molecule has 1 fully saturated rings. The Bertz CT molecular complexity index is 969. The van der Waals surface area contributed by atoms with E-state index in [1.165, 1.54) is 4.90 Å². The number of likely N-dealkylation sites (N-methyl/N-ethyl adjacent to an activating group) is 1. The van der Waals surface area contributed by atoms with Gasteiger partial charge in [0.05, 0.1) is 5.69 Å². The number of hydrogen-bond donors (Lipinski definition) is 1. The standard InChI is InChI=1S/C21H25N5O3/c1-25(2)18(27)14-29-16-9-7-8-15(12-16)19-17(13-22)20(28)24-21(23-19)26-10-5-3-4-6-11-26/h7-9,12H,3-6,10-11,14H2,1-2H3,(H,23,24,28). The van der Waals surface area contributed by atoms with Crippen LogP contribution in [0.1, 0.15) is 31.2 Å². The van der Waals surface area contributed by atoms with Crippen LogP contribution in [0.5, 0.6) is 5.75 Å². The van der Waals surface area contributed by atoms with Gasteiger partial charge in [-0.05, 0) is 25.0 Å². The fraction of sp³-hybridized carbons (Fsp3) is 0.429. The highest BCUT2D eigenvalue weighted by atomic mass is 16.5. The Morgan fingerprint density at radius 3 is 2.66 bits per heavy atom. The zero-order valence-corrected chi connectivity index (χ0v) is 16.8. The molecular formula is C21H25N5O3. The third-order valence-electron chi connectivity index (χ3n) is 4.89. The van der Waals surface area contributed by atoms with Gasteiger partial charge in [0.2, 0.25) is 5.95 Å². The Kier molecular flexibility index (Phi) is 6.50. The van der Waals surface area contributed by atoms with Crippen LogP contribution in [0.3, 0.4) is 0 Å². The molecule has 1 aromatic heterocycles. The van der Waals surface area contributed by atoms with E-state index < -0.39 is 5.56 Å². The van der Waals surface area contributed by atoms with E-state index in [1.807, 2.05) is 6.07 Å². The first-order valence-corrected chi connectivity index (χ1v) is 9.72. The normalized spacial score (nSPS) is 14.0. The van der Waals surface area contributed by atoms with Crippen LogP contribution in [0.15, 0.2) is 29.1 Å². The van der Waals surface area contributed by atoms with Crippen molar-refractivity contribution in [1.82, 2.24) is 14.9 Å². The second kappa shape index (κ2) is 9.24. The van der Waals surface area contributed by atoms with E-state index in [0.717, 1.165) is 38.8 Å². The number of ether oxygens (including phenoxy) is 1. The predicted octanol–water partition coefficient (Wildman–Crippen LogP) is 2.16. The second-order valence-electron chi connectivity index (χ2n) is 7.23. The van der Waals surface area contributed by atoms with E-state index in [2.05, 4.69) is 14.9 Å². The highest BCUT2D eigenvalue weighted by molar-refractivity contribution is 5.77. The minimum atomic E-state index is -0.453. The van der Waals surface area contributed by atoms with Gasteiger partial charge in [0.25, 0.3) is 11.5 Å². The number of aromatic amines is 1. The van der Waals surface area contributed by atoms with Crippen LogP contribution in [0.2, 0.25) is 0 Å². The van der Waals surface area contributed by atoms with Crippen molar-refractivity contribution in [2.75, 3.05) is 38.7 Å². The first-order chi connectivity index (χ1) is 14.0. The third-order valence-corrected chi connectivity index (χ3v) is 4.89. The largest absolute Gasteiger partial charge is 0.484 e. The summed E-state index contributed by atoms with van der Waals surface area (Å²) in [6.45, 7) is 1.55. The first-order valence-electron chi connectivity index (χ1n) is 9.72. The quantitative estimate of drug-likeness (QED) is 0.832. The van der Waals surface area contributed by atoms with Gasteiger partial charge in [-0.3, -0.25) is 14.6 Å². The lowest BCUT2D eigenvalue weighted by Crippen LogP contribution is -2.29. The van der Waals surface area contributed by atoms with Crippen LogP contribution in [-0.2, 0) is 4.79 Å². The van der Waals surface area contributed by atoms with E-state index in [-0.39, 0.29) is 18.1 Å². The number of amides is 1. The Hall–Kier alpha value is -3.34. The minimum absolute atomic E-state index is 0.0370. The average molecular weight is 395 g/mol. The molecule has 2 aromatic rings. The van der Waals surface area contributed by atoms with Crippen molar-refractivity contribution in [2.24, 2.45) is 0 Å². The number of benzene rings is 1. The monoisotopic (exact) mass is 395 g/mol. The summed E-state index contributed by atoms with van der Waals surface area (Å²) in [4.78, 5) is 35.2. The molecule has 1 amide bonds. The number of carbonyl (C=O) groups excluding carboxylic acids is 1. The number of hydrogen-bond acceptors (Lipinski definition) is 6. The lowest BCUT2D eigenvalue weighted by molar-refractivity contribution is -0.130. The van der Waals surface area contributed by atoms with Crippen molar-refractivity contribution in [3.63, 3.8) is 0 Å². The zero-order valence-electron chi connectivity index (χ0n) is 16.8. The van der Waals surface area contributed by atoms with Gasteiger partial charge >= 0.3 is 0 Å². The summed E-state index contributed by atoms with van der Waals surface area (Å²) in [5, 5.41) is 9.51. The van der Waals surface area contributed by atoms with Crippen molar-refractivity contribution in [3.05, 3.63) is 40.2 Å². The molecule has 1 saturated heterocycles. The SMILES string of the molecule is CN(C)C(=O)COc1cccc(-c2nc(N3CCCCCC3)[nH]c(=O)c2C#N)c1. The van der Waals surface area contributed by atoms with Gasteiger partial charge in [-0.2, -0.15) is 5.26 Å². The van der Waals surface area contributed by atoms with Gasteiger partial charge in [-0.25, -0.2) is 4.98 Å². The maximum absolute atomic E-state index is 12.5. The van der Waals surface area contributed by atoms with Gasteiger partial charge in [-0.15, -0.1) is 0 Å². The molecule has 8 nitrogen and oxygen atoms in total. The molecule has 0 radical (unpaired) electrons.